The average molecular weight is 404 g/mol. The number of carbonyl (C=O) groups is 1. The highest BCUT2D eigenvalue weighted by atomic mass is 32.3. The first-order valence-electron chi connectivity index (χ1n) is 9.49. The summed E-state index contributed by atoms with van der Waals surface area (Å²) in [4.78, 5) is 14.8. The third-order valence-electron chi connectivity index (χ3n) is 6.11. The van der Waals surface area contributed by atoms with Crippen LogP contribution in [0.1, 0.15) is 58.2 Å². The molecule has 7 nitrogen and oxygen atoms in total. The summed E-state index contributed by atoms with van der Waals surface area (Å²) in [5.41, 5.74) is 3.33. The van der Waals surface area contributed by atoms with E-state index in [0.29, 0.717) is 30.1 Å². The van der Waals surface area contributed by atoms with E-state index in [4.69, 9.17) is 4.52 Å². The van der Waals surface area contributed by atoms with Gasteiger partial charge in [-0.25, -0.2) is 0 Å². The second kappa shape index (κ2) is 6.79. The van der Waals surface area contributed by atoms with Gasteiger partial charge in [0.2, 0.25) is 0 Å². The monoisotopic (exact) mass is 403 g/mol. The number of aromatic nitrogens is 1. The van der Waals surface area contributed by atoms with Gasteiger partial charge in [0.1, 0.15) is 28.0 Å². The van der Waals surface area contributed by atoms with Crippen LogP contribution in [-0.2, 0) is 20.0 Å². The SMILES string of the molecule is Cc1noc(C)c1C(=O)N1CCC2(CC1)CC(N[S+](C)(=O)[O-])c1ccccc12. The first kappa shape index (κ1) is 19.3. The molecule has 2 aliphatic rings. The normalized spacial score (nSPS) is 22.9. The summed E-state index contributed by atoms with van der Waals surface area (Å²) in [5, 5.41) is 3.89. The Morgan fingerprint density at radius 2 is 2.00 bits per heavy atom. The number of likely N-dealkylation sites (tertiary alicyclic amines) is 1. The summed E-state index contributed by atoms with van der Waals surface area (Å²) < 4.78 is 31.6. The maximum absolute atomic E-state index is 12.9. The van der Waals surface area contributed by atoms with E-state index in [1.807, 2.05) is 23.1 Å². The topological polar surface area (TPSA) is 98.5 Å². The molecule has 1 amide bonds. The van der Waals surface area contributed by atoms with E-state index in [0.717, 1.165) is 24.8 Å². The molecule has 1 aliphatic heterocycles. The van der Waals surface area contributed by atoms with Gasteiger partial charge in [0.15, 0.2) is 0 Å². The van der Waals surface area contributed by atoms with E-state index < -0.39 is 10.4 Å². The van der Waals surface area contributed by atoms with Gasteiger partial charge in [0.05, 0.1) is 11.7 Å². The molecule has 4 rings (SSSR count). The summed E-state index contributed by atoms with van der Waals surface area (Å²) in [6.45, 7) is 4.79. The van der Waals surface area contributed by atoms with Crippen molar-refractivity contribution in [2.24, 2.45) is 0 Å². The minimum absolute atomic E-state index is 0.0387. The number of rotatable bonds is 3. The molecule has 2 heterocycles. The Morgan fingerprint density at radius 3 is 2.61 bits per heavy atom. The van der Waals surface area contributed by atoms with Crippen LogP contribution in [0.15, 0.2) is 28.8 Å². The molecule has 2 unspecified atom stereocenters. The minimum atomic E-state index is -3.30. The number of carbonyl (C=O) groups excluding carboxylic acids is 1. The van der Waals surface area contributed by atoms with Gasteiger partial charge in [-0.05, 0) is 44.2 Å². The summed E-state index contributed by atoms with van der Waals surface area (Å²) in [6.07, 6.45) is 3.54. The van der Waals surface area contributed by atoms with E-state index in [2.05, 4.69) is 15.9 Å². The van der Waals surface area contributed by atoms with Gasteiger partial charge in [-0.15, -0.1) is 4.72 Å². The first-order valence-corrected chi connectivity index (χ1v) is 11.4. The Labute approximate surface area is 165 Å². The van der Waals surface area contributed by atoms with Gasteiger partial charge in [0.25, 0.3) is 5.91 Å². The molecule has 1 N–H and O–H groups in total. The van der Waals surface area contributed by atoms with E-state index in [1.165, 1.54) is 11.8 Å². The van der Waals surface area contributed by atoms with Crippen molar-refractivity contribution < 1.29 is 18.1 Å². The molecule has 1 spiro atoms. The molecule has 0 bridgehead atoms. The lowest BCUT2D eigenvalue weighted by Crippen LogP contribution is -2.45. The second-order valence-corrected chi connectivity index (χ2v) is 9.79. The van der Waals surface area contributed by atoms with Crippen molar-refractivity contribution in [2.75, 3.05) is 19.3 Å². The number of nitrogens with zero attached hydrogens (tertiary/aromatic N) is 2. The zero-order valence-electron chi connectivity index (χ0n) is 16.4. The van der Waals surface area contributed by atoms with Crippen LogP contribution in [-0.4, -0.2) is 39.9 Å². The highest BCUT2D eigenvalue weighted by molar-refractivity contribution is 7.95. The lowest BCUT2D eigenvalue weighted by molar-refractivity contribution is 0.0660. The number of amides is 1. The summed E-state index contributed by atoms with van der Waals surface area (Å²) in [6, 6.07) is 7.85. The first-order chi connectivity index (χ1) is 13.2. The summed E-state index contributed by atoms with van der Waals surface area (Å²) in [7, 11) is -3.30. The molecule has 1 aromatic heterocycles. The summed E-state index contributed by atoms with van der Waals surface area (Å²) in [5.74, 6) is 0.509. The van der Waals surface area contributed by atoms with Gasteiger partial charge in [-0.1, -0.05) is 33.6 Å². The quantitative estimate of drug-likeness (QED) is 0.795. The van der Waals surface area contributed by atoms with Crippen LogP contribution in [0.4, 0.5) is 0 Å². The largest absolute Gasteiger partial charge is 0.598 e. The van der Waals surface area contributed by atoms with Gasteiger partial charge in [-0.3, -0.25) is 4.79 Å². The number of benzene rings is 1. The number of hydrogen-bond donors (Lipinski definition) is 1. The third kappa shape index (κ3) is 3.29. The van der Waals surface area contributed by atoms with E-state index >= 15 is 0 Å². The fraction of sp³-hybridized carbons (Fsp3) is 0.500. The summed E-state index contributed by atoms with van der Waals surface area (Å²) >= 11 is 0. The predicted octanol–water partition coefficient (Wildman–Crippen LogP) is 2.67. The Bertz CT molecular complexity index is 937. The molecule has 0 saturated carbocycles. The van der Waals surface area contributed by atoms with Gasteiger partial charge in [0, 0.05) is 18.5 Å². The lowest BCUT2D eigenvalue weighted by atomic mass is 9.73. The third-order valence-corrected chi connectivity index (χ3v) is 6.83. The van der Waals surface area contributed by atoms with Crippen LogP contribution < -0.4 is 4.72 Å². The average Bonchev–Trinajstić information content (AvgIpc) is 3.12. The van der Waals surface area contributed by atoms with Crippen molar-refractivity contribution in [3.05, 3.63) is 52.4 Å². The maximum Gasteiger partial charge on any atom is 0.259 e. The molecular weight excluding hydrogens is 378 g/mol. The smallest absolute Gasteiger partial charge is 0.259 e. The molecule has 2 aromatic rings. The van der Waals surface area contributed by atoms with Crippen LogP contribution in [0, 0.1) is 13.8 Å². The van der Waals surface area contributed by atoms with E-state index in [-0.39, 0.29) is 17.4 Å². The zero-order valence-corrected chi connectivity index (χ0v) is 17.2. The molecule has 150 valence electrons. The molecule has 2 atom stereocenters. The molecule has 28 heavy (non-hydrogen) atoms. The highest BCUT2D eigenvalue weighted by Crippen LogP contribution is 2.51. The molecule has 1 fully saturated rings. The Kier molecular flexibility index (Phi) is 4.68. The van der Waals surface area contributed by atoms with Gasteiger partial charge < -0.3 is 14.0 Å². The van der Waals surface area contributed by atoms with E-state index in [9.17, 15) is 13.6 Å². The van der Waals surface area contributed by atoms with Gasteiger partial charge >= 0.3 is 0 Å². The molecule has 1 aliphatic carbocycles. The molecule has 8 heteroatoms. The number of piperidine rings is 1. The number of fused-ring (bicyclic) bond motifs is 2. The van der Waals surface area contributed by atoms with Crippen LogP contribution in [0.2, 0.25) is 0 Å². The van der Waals surface area contributed by atoms with Crippen molar-refractivity contribution >= 4 is 16.3 Å². The molecule has 1 saturated heterocycles. The fourth-order valence-electron chi connectivity index (χ4n) is 4.82. The van der Waals surface area contributed by atoms with E-state index in [1.54, 1.807) is 13.8 Å². The van der Waals surface area contributed by atoms with Crippen molar-refractivity contribution in [3.63, 3.8) is 0 Å². The molecule has 1 aromatic carbocycles. The van der Waals surface area contributed by atoms with Crippen LogP contribution in [0.3, 0.4) is 0 Å². The van der Waals surface area contributed by atoms with Crippen LogP contribution >= 0.6 is 0 Å². The van der Waals surface area contributed by atoms with Crippen LogP contribution in [0.25, 0.3) is 0 Å². The Morgan fingerprint density at radius 1 is 1.32 bits per heavy atom. The zero-order chi connectivity index (χ0) is 20.1. The predicted molar refractivity (Wildman–Crippen MR) is 104 cm³/mol. The van der Waals surface area contributed by atoms with Crippen LogP contribution in [0.5, 0.6) is 0 Å². The standard InChI is InChI=1S/C20H25N3O4S/c1-13-18(14(2)27-21-13)19(24)23-10-8-20(9-11-23)12-17(22-28(3,25)26)15-6-4-5-7-16(15)20/h4-7,17H,8-12H2,1-3H3,(H-,22,25,26). The van der Waals surface area contributed by atoms with Crippen molar-refractivity contribution in [3.8, 4) is 0 Å². The van der Waals surface area contributed by atoms with Crippen molar-refractivity contribution in [2.45, 2.75) is 44.6 Å². The van der Waals surface area contributed by atoms with Gasteiger partial charge in [-0.2, -0.15) is 0 Å². The number of aryl methyl sites for hydroxylation is 2. The minimum Gasteiger partial charge on any atom is -0.598 e. The Hall–Kier alpha value is -2.03. The Balaban J connectivity index is 1.55. The number of nitrogens with one attached hydrogen (secondary N) is 1. The van der Waals surface area contributed by atoms with Crippen molar-refractivity contribution in [1.29, 1.82) is 0 Å². The maximum atomic E-state index is 12.9. The number of sulfonamides is 1. The fourth-order valence-corrected chi connectivity index (χ4v) is 5.54. The lowest BCUT2D eigenvalue weighted by Gasteiger charge is -2.40. The highest BCUT2D eigenvalue weighted by Gasteiger charge is 2.47. The van der Waals surface area contributed by atoms with Crippen molar-refractivity contribution in [1.82, 2.24) is 14.8 Å². The number of hydrogen-bond acceptors (Lipinski definition) is 5. The second-order valence-electron chi connectivity index (χ2n) is 8.01. The molecule has 0 radical (unpaired) electrons. The molecular formula is C20H25N3O4S.